The van der Waals surface area contributed by atoms with Gasteiger partial charge >= 0.3 is 0 Å². The second kappa shape index (κ2) is 8.92. The molecule has 0 aliphatic rings. The fourth-order valence-electron chi connectivity index (χ4n) is 5.01. The molecule has 1 heterocycles. The van der Waals surface area contributed by atoms with Crippen LogP contribution in [0.4, 0.5) is 0 Å². The Morgan fingerprint density at radius 1 is 0.432 bits per heavy atom. The average Bonchev–Trinajstić information content (AvgIpc) is 3.41. The van der Waals surface area contributed by atoms with Crippen LogP contribution in [0.3, 0.4) is 0 Å². The molecule has 0 amide bonds. The van der Waals surface area contributed by atoms with Crippen molar-refractivity contribution in [3.8, 4) is 44.8 Å². The Balaban J connectivity index is 1.21. The Bertz CT molecular complexity index is 1860. The Morgan fingerprint density at radius 3 is 1.92 bits per heavy atom. The summed E-state index contributed by atoms with van der Waals surface area (Å²) in [6.07, 6.45) is 0. The largest absolute Gasteiger partial charge is 0.436 e. The first-order valence-electron chi connectivity index (χ1n) is 12.5. The maximum atomic E-state index is 6.24. The van der Waals surface area contributed by atoms with E-state index in [-0.39, 0.29) is 0 Å². The molecule has 0 N–H and O–H groups in total. The summed E-state index contributed by atoms with van der Waals surface area (Å²) in [5.41, 5.74) is 9.68. The minimum Gasteiger partial charge on any atom is -0.436 e. The van der Waals surface area contributed by atoms with Crippen LogP contribution in [0.1, 0.15) is 0 Å². The van der Waals surface area contributed by atoms with E-state index >= 15 is 0 Å². The molecule has 0 spiro atoms. The fourth-order valence-corrected chi connectivity index (χ4v) is 5.01. The van der Waals surface area contributed by atoms with Crippen LogP contribution in [-0.2, 0) is 0 Å². The summed E-state index contributed by atoms with van der Waals surface area (Å²) in [6.45, 7) is 0. The summed E-state index contributed by atoms with van der Waals surface area (Å²) in [5, 5.41) is 2.50. The van der Waals surface area contributed by atoms with Crippen LogP contribution >= 0.6 is 0 Å². The predicted octanol–water partition coefficient (Wildman–Crippen LogP) is 9.65. The van der Waals surface area contributed by atoms with Crippen LogP contribution in [0.15, 0.2) is 144 Å². The van der Waals surface area contributed by atoms with Crippen molar-refractivity contribution in [2.45, 2.75) is 0 Å². The van der Waals surface area contributed by atoms with E-state index in [4.69, 9.17) is 9.40 Å². The van der Waals surface area contributed by atoms with Crippen LogP contribution < -0.4 is 0 Å². The van der Waals surface area contributed by atoms with Crippen LogP contribution in [0, 0.1) is 0 Å². The van der Waals surface area contributed by atoms with Crippen LogP contribution in [0.5, 0.6) is 0 Å². The molecule has 0 aliphatic heterocycles. The topological polar surface area (TPSA) is 26.0 Å². The summed E-state index contributed by atoms with van der Waals surface area (Å²) in [6, 6.07) is 48.7. The lowest BCUT2D eigenvalue weighted by Gasteiger charge is -2.07. The van der Waals surface area contributed by atoms with Crippen molar-refractivity contribution >= 4 is 21.9 Å². The minimum absolute atomic E-state index is 0.634. The van der Waals surface area contributed by atoms with Gasteiger partial charge in [0.1, 0.15) is 5.52 Å². The standard InChI is InChI=1S/C35H23NO/c1-2-8-24(9-3-1)28-12-6-13-29(22-28)30-20-21-33-34(23-30)37-35(36-33)27-18-16-26(17-19-27)32-15-7-11-25-10-4-5-14-31(25)32/h1-23H. The molecule has 0 atom stereocenters. The van der Waals surface area contributed by atoms with Gasteiger partial charge < -0.3 is 4.42 Å². The van der Waals surface area contributed by atoms with Gasteiger partial charge in [0.2, 0.25) is 5.89 Å². The van der Waals surface area contributed by atoms with Gasteiger partial charge in [-0.25, -0.2) is 4.98 Å². The number of hydrogen-bond acceptors (Lipinski definition) is 2. The number of fused-ring (bicyclic) bond motifs is 2. The van der Waals surface area contributed by atoms with E-state index in [9.17, 15) is 0 Å². The van der Waals surface area contributed by atoms with Gasteiger partial charge in [-0.1, -0.05) is 109 Å². The van der Waals surface area contributed by atoms with Crippen molar-refractivity contribution in [2.75, 3.05) is 0 Å². The molecule has 7 rings (SSSR count). The monoisotopic (exact) mass is 473 g/mol. The first-order chi connectivity index (χ1) is 18.3. The lowest BCUT2D eigenvalue weighted by atomic mass is 9.97. The zero-order valence-corrected chi connectivity index (χ0v) is 20.1. The van der Waals surface area contributed by atoms with Crippen molar-refractivity contribution in [1.82, 2.24) is 4.98 Å². The number of benzene rings is 6. The number of nitrogens with zero attached hydrogens (tertiary/aromatic N) is 1. The molecule has 2 nitrogen and oxygen atoms in total. The van der Waals surface area contributed by atoms with Gasteiger partial charge in [0, 0.05) is 5.56 Å². The van der Waals surface area contributed by atoms with Crippen molar-refractivity contribution in [1.29, 1.82) is 0 Å². The molecule has 0 saturated carbocycles. The zero-order chi connectivity index (χ0) is 24.6. The fraction of sp³-hybridized carbons (Fsp3) is 0. The molecule has 2 heteroatoms. The van der Waals surface area contributed by atoms with Gasteiger partial charge in [0.05, 0.1) is 0 Å². The van der Waals surface area contributed by atoms with Crippen molar-refractivity contribution in [3.05, 3.63) is 140 Å². The number of hydrogen-bond donors (Lipinski definition) is 0. The smallest absolute Gasteiger partial charge is 0.227 e. The van der Waals surface area contributed by atoms with E-state index in [0.717, 1.165) is 27.8 Å². The molecule has 1 aromatic heterocycles. The van der Waals surface area contributed by atoms with Gasteiger partial charge in [-0.15, -0.1) is 0 Å². The average molecular weight is 474 g/mol. The van der Waals surface area contributed by atoms with E-state index in [1.54, 1.807) is 0 Å². The molecular weight excluding hydrogens is 450 g/mol. The molecule has 0 fully saturated rings. The highest BCUT2D eigenvalue weighted by Gasteiger charge is 2.11. The second-order valence-corrected chi connectivity index (χ2v) is 9.25. The van der Waals surface area contributed by atoms with E-state index in [2.05, 4.69) is 127 Å². The Morgan fingerprint density at radius 2 is 1.05 bits per heavy atom. The third kappa shape index (κ3) is 3.99. The second-order valence-electron chi connectivity index (χ2n) is 9.25. The molecule has 37 heavy (non-hydrogen) atoms. The van der Waals surface area contributed by atoms with E-state index in [0.29, 0.717) is 5.89 Å². The molecule has 0 saturated heterocycles. The molecule has 0 aliphatic carbocycles. The summed E-state index contributed by atoms with van der Waals surface area (Å²) in [4.78, 5) is 4.77. The molecule has 0 bridgehead atoms. The highest BCUT2D eigenvalue weighted by molar-refractivity contribution is 5.96. The molecule has 6 aromatic carbocycles. The number of rotatable bonds is 4. The van der Waals surface area contributed by atoms with E-state index < -0.39 is 0 Å². The van der Waals surface area contributed by atoms with Crippen molar-refractivity contribution in [2.24, 2.45) is 0 Å². The SMILES string of the molecule is c1ccc(-c2cccc(-c3ccc4nc(-c5ccc(-c6cccc7ccccc67)cc5)oc4c3)c2)cc1. The first-order valence-corrected chi connectivity index (χ1v) is 12.5. The summed E-state index contributed by atoms with van der Waals surface area (Å²) in [7, 11) is 0. The third-order valence-corrected chi connectivity index (χ3v) is 6.92. The first kappa shape index (κ1) is 21.3. The Labute approximate surface area is 215 Å². The van der Waals surface area contributed by atoms with Crippen molar-refractivity contribution in [3.63, 3.8) is 0 Å². The van der Waals surface area contributed by atoms with Crippen LogP contribution in [0.2, 0.25) is 0 Å². The van der Waals surface area contributed by atoms with Crippen molar-refractivity contribution < 1.29 is 4.42 Å². The van der Waals surface area contributed by atoms with Crippen LogP contribution in [-0.4, -0.2) is 4.98 Å². The molecule has 174 valence electrons. The normalized spacial score (nSPS) is 11.2. The van der Waals surface area contributed by atoms with E-state index in [1.165, 1.54) is 33.0 Å². The molecule has 0 unspecified atom stereocenters. The Hall–Kier alpha value is -4.95. The highest BCUT2D eigenvalue weighted by atomic mass is 16.3. The maximum Gasteiger partial charge on any atom is 0.227 e. The lowest BCUT2D eigenvalue weighted by Crippen LogP contribution is -1.82. The molecule has 0 radical (unpaired) electrons. The summed E-state index contributed by atoms with van der Waals surface area (Å²) < 4.78 is 6.24. The van der Waals surface area contributed by atoms with Gasteiger partial charge in [-0.2, -0.15) is 0 Å². The maximum absolute atomic E-state index is 6.24. The lowest BCUT2D eigenvalue weighted by molar-refractivity contribution is 0.620. The summed E-state index contributed by atoms with van der Waals surface area (Å²) in [5.74, 6) is 0.634. The van der Waals surface area contributed by atoms with Crippen LogP contribution in [0.25, 0.3) is 66.7 Å². The van der Waals surface area contributed by atoms with Gasteiger partial charge in [-0.05, 0) is 74.5 Å². The van der Waals surface area contributed by atoms with E-state index in [1.807, 2.05) is 12.1 Å². The zero-order valence-electron chi connectivity index (χ0n) is 20.1. The highest BCUT2D eigenvalue weighted by Crippen LogP contribution is 2.33. The van der Waals surface area contributed by atoms with Gasteiger partial charge in [0.15, 0.2) is 5.58 Å². The molecule has 7 aromatic rings. The third-order valence-electron chi connectivity index (χ3n) is 6.92. The number of oxazole rings is 1. The van der Waals surface area contributed by atoms with Gasteiger partial charge in [-0.3, -0.25) is 0 Å². The quantitative estimate of drug-likeness (QED) is 0.254. The summed E-state index contributed by atoms with van der Waals surface area (Å²) >= 11 is 0. The van der Waals surface area contributed by atoms with Gasteiger partial charge in [0.25, 0.3) is 0 Å². The predicted molar refractivity (Wildman–Crippen MR) is 153 cm³/mol. The molecular formula is C35H23NO. The number of aromatic nitrogens is 1. The Kier molecular flexibility index (Phi) is 5.15. The minimum atomic E-state index is 0.634.